The van der Waals surface area contributed by atoms with Gasteiger partial charge >= 0.3 is 0 Å². The molecule has 0 saturated heterocycles. The van der Waals surface area contributed by atoms with E-state index in [1.54, 1.807) is 6.07 Å². The maximum absolute atomic E-state index is 10.9. The summed E-state index contributed by atoms with van der Waals surface area (Å²) in [6, 6.07) is 5.29. The second-order valence-corrected chi connectivity index (χ2v) is 3.00. The van der Waals surface area contributed by atoms with Crippen LogP contribution in [0.5, 0.6) is 0 Å². The molecule has 13 heavy (non-hydrogen) atoms. The van der Waals surface area contributed by atoms with Crippen molar-refractivity contribution in [2.45, 2.75) is 26.2 Å². The van der Waals surface area contributed by atoms with Crippen molar-refractivity contribution in [3.05, 3.63) is 46.4 Å². The van der Waals surface area contributed by atoms with Crippen molar-refractivity contribution in [1.29, 1.82) is 0 Å². The van der Waals surface area contributed by atoms with Gasteiger partial charge in [0.1, 0.15) is 0 Å². The third-order valence-electron chi connectivity index (χ3n) is 1.88. The van der Waals surface area contributed by atoms with E-state index in [4.69, 9.17) is 0 Å². The fraction of sp³-hybridized carbons (Fsp3) is 0.364. The molecule has 0 aliphatic carbocycles. The minimum Gasteiger partial charge on any atom is -0.326 e. The normalized spacial score (nSPS) is 10.8. The number of hydrogen-bond acceptors (Lipinski definition) is 1. The van der Waals surface area contributed by atoms with Gasteiger partial charge in [0.15, 0.2) is 0 Å². The topological polar surface area (TPSA) is 32.9 Å². The molecule has 0 saturated carbocycles. The van der Waals surface area contributed by atoms with Crippen LogP contribution in [0.25, 0.3) is 0 Å². The predicted molar refractivity (Wildman–Crippen MR) is 54.8 cm³/mol. The molecule has 0 unspecified atom stereocenters. The van der Waals surface area contributed by atoms with Crippen molar-refractivity contribution in [3.8, 4) is 0 Å². The Balaban J connectivity index is 2.41. The van der Waals surface area contributed by atoms with Gasteiger partial charge in [0, 0.05) is 11.8 Å². The van der Waals surface area contributed by atoms with Crippen molar-refractivity contribution < 1.29 is 0 Å². The van der Waals surface area contributed by atoms with Gasteiger partial charge in [0.2, 0.25) is 5.56 Å². The van der Waals surface area contributed by atoms with Crippen molar-refractivity contribution >= 4 is 0 Å². The van der Waals surface area contributed by atoms with Crippen LogP contribution in [0, 0.1) is 0 Å². The second-order valence-electron chi connectivity index (χ2n) is 3.00. The molecule has 0 fully saturated rings. The Kier molecular flexibility index (Phi) is 4.03. The highest BCUT2D eigenvalue weighted by Crippen LogP contribution is 1.99. The minimum atomic E-state index is -0.0106. The van der Waals surface area contributed by atoms with Crippen LogP contribution < -0.4 is 5.56 Å². The van der Waals surface area contributed by atoms with Gasteiger partial charge in [-0.15, -0.1) is 0 Å². The monoisotopic (exact) mass is 177 g/mol. The van der Waals surface area contributed by atoms with Gasteiger partial charge in [-0.2, -0.15) is 0 Å². The summed E-state index contributed by atoms with van der Waals surface area (Å²) in [6.07, 6.45) is 7.30. The average Bonchev–Trinajstić information content (AvgIpc) is 2.13. The minimum absolute atomic E-state index is 0.0106. The zero-order valence-electron chi connectivity index (χ0n) is 7.92. The van der Waals surface area contributed by atoms with Crippen LogP contribution in [0.2, 0.25) is 0 Å². The maximum Gasteiger partial charge on any atom is 0.248 e. The molecule has 0 aliphatic heterocycles. The fourth-order valence-electron chi connectivity index (χ4n) is 1.22. The molecule has 0 bridgehead atoms. The molecule has 1 heterocycles. The Morgan fingerprint density at radius 1 is 1.46 bits per heavy atom. The van der Waals surface area contributed by atoms with Gasteiger partial charge in [-0.05, 0) is 32.3 Å². The molecule has 2 nitrogen and oxygen atoms in total. The van der Waals surface area contributed by atoms with Crippen LogP contribution in [-0.4, -0.2) is 4.98 Å². The summed E-state index contributed by atoms with van der Waals surface area (Å²) in [5.74, 6) is 0. The SMILES string of the molecule is CC=CCCCc1cccc(=O)[nH]1. The summed E-state index contributed by atoms with van der Waals surface area (Å²) in [5.41, 5.74) is 1.01. The Morgan fingerprint density at radius 3 is 3.00 bits per heavy atom. The number of allylic oxidation sites excluding steroid dienone is 2. The first-order valence-electron chi connectivity index (χ1n) is 4.62. The highest BCUT2D eigenvalue weighted by atomic mass is 16.1. The first-order valence-corrected chi connectivity index (χ1v) is 4.62. The van der Waals surface area contributed by atoms with E-state index in [0.717, 1.165) is 25.0 Å². The van der Waals surface area contributed by atoms with E-state index in [2.05, 4.69) is 11.1 Å². The number of unbranched alkanes of at least 4 members (excludes halogenated alkanes) is 1. The zero-order chi connectivity index (χ0) is 9.52. The van der Waals surface area contributed by atoms with Crippen LogP contribution in [0.1, 0.15) is 25.5 Å². The number of H-pyrrole nitrogens is 1. The van der Waals surface area contributed by atoms with Gasteiger partial charge < -0.3 is 4.98 Å². The highest BCUT2D eigenvalue weighted by molar-refractivity contribution is 5.03. The van der Waals surface area contributed by atoms with Gasteiger partial charge in [-0.25, -0.2) is 0 Å². The molecule has 0 aliphatic rings. The Labute approximate surface area is 78.3 Å². The van der Waals surface area contributed by atoms with Crippen LogP contribution >= 0.6 is 0 Å². The third kappa shape index (κ3) is 3.74. The molecule has 70 valence electrons. The van der Waals surface area contributed by atoms with E-state index < -0.39 is 0 Å². The lowest BCUT2D eigenvalue weighted by atomic mass is 10.2. The van der Waals surface area contributed by atoms with Crippen molar-refractivity contribution in [2.75, 3.05) is 0 Å². The van der Waals surface area contributed by atoms with Crippen LogP contribution in [0.3, 0.4) is 0 Å². The zero-order valence-corrected chi connectivity index (χ0v) is 7.92. The third-order valence-corrected chi connectivity index (χ3v) is 1.88. The van der Waals surface area contributed by atoms with Gasteiger partial charge in [-0.1, -0.05) is 18.2 Å². The smallest absolute Gasteiger partial charge is 0.248 e. The summed E-state index contributed by atoms with van der Waals surface area (Å²) in [5, 5.41) is 0. The first kappa shape index (κ1) is 9.78. The second kappa shape index (κ2) is 5.36. The number of nitrogens with one attached hydrogen (secondary N) is 1. The number of aryl methyl sites for hydroxylation is 1. The molecule has 1 N–H and O–H groups in total. The number of aromatic amines is 1. The molecule has 0 atom stereocenters. The largest absolute Gasteiger partial charge is 0.326 e. The average molecular weight is 177 g/mol. The van der Waals surface area contributed by atoms with Gasteiger partial charge in [0.05, 0.1) is 0 Å². The molecular weight excluding hydrogens is 162 g/mol. The lowest BCUT2D eigenvalue weighted by Crippen LogP contribution is -2.05. The molecule has 0 spiro atoms. The van der Waals surface area contributed by atoms with Crippen LogP contribution in [0.15, 0.2) is 35.1 Å². The fourth-order valence-corrected chi connectivity index (χ4v) is 1.22. The van der Waals surface area contributed by atoms with E-state index in [1.165, 1.54) is 6.07 Å². The lowest BCUT2D eigenvalue weighted by molar-refractivity contribution is 0.813. The number of hydrogen-bond donors (Lipinski definition) is 1. The molecule has 2 heteroatoms. The summed E-state index contributed by atoms with van der Waals surface area (Å²) < 4.78 is 0. The van der Waals surface area contributed by atoms with Gasteiger partial charge in [0.25, 0.3) is 0 Å². The van der Waals surface area contributed by atoms with E-state index in [-0.39, 0.29) is 5.56 Å². The maximum atomic E-state index is 10.9. The summed E-state index contributed by atoms with van der Waals surface area (Å²) >= 11 is 0. The lowest BCUT2D eigenvalue weighted by Gasteiger charge is -1.97. The van der Waals surface area contributed by atoms with E-state index in [0.29, 0.717) is 0 Å². The first-order chi connectivity index (χ1) is 6.33. The number of aromatic nitrogens is 1. The van der Waals surface area contributed by atoms with E-state index in [9.17, 15) is 4.79 Å². The summed E-state index contributed by atoms with van der Waals surface area (Å²) in [4.78, 5) is 13.7. The quantitative estimate of drug-likeness (QED) is 0.555. The summed E-state index contributed by atoms with van der Waals surface area (Å²) in [6.45, 7) is 2.02. The Morgan fingerprint density at radius 2 is 2.31 bits per heavy atom. The Bertz CT molecular complexity index is 325. The van der Waals surface area contributed by atoms with Crippen LogP contribution in [-0.2, 0) is 6.42 Å². The molecule has 0 aromatic carbocycles. The van der Waals surface area contributed by atoms with Crippen LogP contribution in [0.4, 0.5) is 0 Å². The molecule has 0 amide bonds. The highest BCUT2D eigenvalue weighted by Gasteiger charge is 1.91. The molecule has 1 rings (SSSR count). The molecule has 1 aromatic heterocycles. The molecular formula is C11H15NO. The van der Waals surface area contributed by atoms with Gasteiger partial charge in [-0.3, -0.25) is 4.79 Å². The van der Waals surface area contributed by atoms with Crippen molar-refractivity contribution in [1.82, 2.24) is 4.98 Å². The van der Waals surface area contributed by atoms with Crippen molar-refractivity contribution in [2.24, 2.45) is 0 Å². The van der Waals surface area contributed by atoms with Crippen molar-refractivity contribution in [3.63, 3.8) is 0 Å². The van der Waals surface area contributed by atoms with E-state index in [1.807, 2.05) is 19.1 Å². The predicted octanol–water partition coefficient (Wildman–Crippen LogP) is 2.27. The Hall–Kier alpha value is -1.31. The standard InChI is InChI=1S/C11H15NO/c1-2-3-4-5-7-10-8-6-9-11(13)12-10/h2-3,6,8-9H,4-5,7H2,1H3,(H,12,13). The number of pyridine rings is 1. The molecule has 1 aromatic rings. The van der Waals surface area contributed by atoms with E-state index >= 15 is 0 Å². The summed E-state index contributed by atoms with van der Waals surface area (Å²) in [7, 11) is 0. The molecule has 0 radical (unpaired) electrons. The number of rotatable bonds is 4.